The predicted molar refractivity (Wildman–Crippen MR) is 137 cm³/mol. The SMILES string of the molecule is c1ccc([P+](Cc2nc3c4ncccc4ccn3n2)(c2ccccc2)c2ccccc2)cc1. The van der Waals surface area contributed by atoms with E-state index in [9.17, 15) is 0 Å². The van der Waals surface area contributed by atoms with Gasteiger partial charge in [-0.15, -0.1) is 5.10 Å². The van der Waals surface area contributed by atoms with Crippen LogP contribution in [0.5, 0.6) is 0 Å². The molecule has 33 heavy (non-hydrogen) atoms. The predicted octanol–water partition coefficient (Wildman–Crippen LogP) is 4.77. The van der Waals surface area contributed by atoms with Crippen LogP contribution in [0.1, 0.15) is 5.82 Å². The van der Waals surface area contributed by atoms with E-state index >= 15 is 0 Å². The zero-order valence-corrected chi connectivity index (χ0v) is 18.9. The average molecular weight is 445 g/mol. The number of rotatable bonds is 5. The summed E-state index contributed by atoms with van der Waals surface area (Å²) < 4.78 is 1.86. The van der Waals surface area contributed by atoms with Gasteiger partial charge in [-0.1, -0.05) is 60.7 Å². The molecule has 5 heteroatoms. The highest BCUT2D eigenvalue weighted by Gasteiger charge is 2.46. The normalized spacial score (nSPS) is 11.8. The second kappa shape index (κ2) is 8.23. The van der Waals surface area contributed by atoms with E-state index in [2.05, 4.69) is 102 Å². The quantitative estimate of drug-likeness (QED) is 0.359. The highest BCUT2D eigenvalue weighted by atomic mass is 31.2. The molecule has 3 aromatic carbocycles. The van der Waals surface area contributed by atoms with Crippen LogP contribution in [0.15, 0.2) is 122 Å². The molecule has 6 aromatic rings. The number of pyridine rings is 2. The van der Waals surface area contributed by atoms with Crippen molar-refractivity contribution in [2.45, 2.75) is 6.16 Å². The molecule has 4 nitrogen and oxygen atoms in total. The van der Waals surface area contributed by atoms with E-state index in [1.165, 1.54) is 15.9 Å². The summed E-state index contributed by atoms with van der Waals surface area (Å²) in [6, 6.07) is 38.6. The molecule has 0 spiro atoms. The highest BCUT2D eigenvalue weighted by molar-refractivity contribution is 7.95. The Bertz CT molecular complexity index is 1430. The van der Waals surface area contributed by atoms with Gasteiger partial charge in [-0.25, -0.2) is 9.50 Å². The summed E-state index contributed by atoms with van der Waals surface area (Å²) in [5.74, 6) is 0.832. The van der Waals surface area contributed by atoms with Crippen LogP contribution in [-0.4, -0.2) is 19.6 Å². The van der Waals surface area contributed by atoms with Gasteiger partial charge in [-0.3, -0.25) is 4.98 Å². The monoisotopic (exact) mass is 445 g/mol. The number of benzene rings is 3. The van der Waals surface area contributed by atoms with Gasteiger partial charge >= 0.3 is 0 Å². The number of hydrogen-bond donors (Lipinski definition) is 0. The molecule has 158 valence electrons. The fourth-order valence-electron chi connectivity index (χ4n) is 4.57. The van der Waals surface area contributed by atoms with Crippen molar-refractivity contribution >= 4 is 39.7 Å². The van der Waals surface area contributed by atoms with E-state index in [1.54, 1.807) is 0 Å². The van der Waals surface area contributed by atoms with Crippen LogP contribution in [0.2, 0.25) is 0 Å². The topological polar surface area (TPSA) is 43.1 Å². The third-order valence-electron chi connectivity index (χ3n) is 6.09. The van der Waals surface area contributed by atoms with Crippen LogP contribution >= 0.6 is 7.26 Å². The van der Waals surface area contributed by atoms with E-state index < -0.39 is 7.26 Å². The molecule has 0 radical (unpaired) electrons. The molecule has 0 atom stereocenters. The lowest BCUT2D eigenvalue weighted by atomic mass is 10.2. The van der Waals surface area contributed by atoms with Gasteiger partial charge in [-0.2, -0.15) is 0 Å². The average Bonchev–Trinajstić information content (AvgIpc) is 3.32. The zero-order valence-electron chi connectivity index (χ0n) is 18.0. The minimum Gasteiger partial charge on any atom is -0.252 e. The molecule has 0 saturated carbocycles. The number of nitrogens with zero attached hydrogens (tertiary/aromatic N) is 4. The maximum absolute atomic E-state index is 5.02. The molecule has 0 bridgehead atoms. The van der Waals surface area contributed by atoms with E-state index in [0.29, 0.717) is 0 Å². The zero-order chi connectivity index (χ0) is 22.1. The Morgan fingerprint density at radius 3 is 1.79 bits per heavy atom. The molecule has 0 N–H and O–H groups in total. The Hall–Kier alpha value is -3.88. The fourth-order valence-corrected chi connectivity index (χ4v) is 8.61. The lowest BCUT2D eigenvalue weighted by Gasteiger charge is -2.26. The van der Waals surface area contributed by atoms with Crippen LogP contribution in [0, 0.1) is 0 Å². The van der Waals surface area contributed by atoms with E-state index in [4.69, 9.17) is 10.1 Å². The Balaban J connectivity index is 1.61. The molecule has 0 amide bonds. The van der Waals surface area contributed by atoms with Gasteiger partial charge in [0, 0.05) is 17.8 Å². The summed E-state index contributed by atoms with van der Waals surface area (Å²) in [5.41, 5.74) is 1.68. The van der Waals surface area contributed by atoms with Gasteiger partial charge in [0.2, 0.25) is 0 Å². The van der Waals surface area contributed by atoms with E-state index in [1.807, 2.05) is 29.0 Å². The molecule has 0 saturated heterocycles. The Labute approximate surface area is 192 Å². The Morgan fingerprint density at radius 2 is 1.21 bits per heavy atom. The summed E-state index contributed by atoms with van der Waals surface area (Å²) in [5, 5.41) is 9.96. The second-order valence-electron chi connectivity index (χ2n) is 8.03. The van der Waals surface area contributed by atoms with Crippen LogP contribution in [0.4, 0.5) is 0 Å². The smallest absolute Gasteiger partial charge is 0.190 e. The lowest BCUT2D eigenvalue weighted by Crippen LogP contribution is -2.32. The first-order valence-electron chi connectivity index (χ1n) is 11.0. The Kier molecular flexibility index (Phi) is 4.93. The molecule has 0 aliphatic rings. The molecule has 3 heterocycles. The molecular formula is C28H22N4P+. The van der Waals surface area contributed by atoms with Crippen LogP contribution in [0.3, 0.4) is 0 Å². The maximum atomic E-state index is 5.02. The third-order valence-corrected chi connectivity index (χ3v) is 10.4. The molecular weight excluding hydrogens is 423 g/mol. The second-order valence-corrected chi connectivity index (χ2v) is 11.5. The van der Waals surface area contributed by atoms with Gasteiger partial charge in [-0.05, 0) is 48.5 Å². The minimum absolute atomic E-state index is 0.737. The summed E-state index contributed by atoms with van der Waals surface area (Å²) in [7, 11) is -2.05. The van der Waals surface area contributed by atoms with Crippen molar-refractivity contribution in [3.05, 3.63) is 127 Å². The highest BCUT2D eigenvalue weighted by Crippen LogP contribution is 2.57. The van der Waals surface area contributed by atoms with Gasteiger partial charge in [0.25, 0.3) is 0 Å². The van der Waals surface area contributed by atoms with Crippen molar-refractivity contribution in [2.24, 2.45) is 0 Å². The van der Waals surface area contributed by atoms with Gasteiger partial charge in [0.05, 0.1) is 0 Å². The van der Waals surface area contributed by atoms with Crippen molar-refractivity contribution in [2.75, 3.05) is 0 Å². The molecule has 6 rings (SSSR count). The fraction of sp³-hybridized carbons (Fsp3) is 0.0357. The van der Waals surface area contributed by atoms with Crippen molar-refractivity contribution in [3.63, 3.8) is 0 Å². The van der Waals surface area contributed by atoms with Crippen molar-refractivity contribution in [1.82, 2.24) is 19.6 Å². The van der Waals surface area contributed by atoms with Crippen molar-refractivity contribution in [1.29, 1.82) is 0 Å². The van der Waals surface area contributed by atoms with Crippen LogP contribution in [0.25, 0.3) is 16.6 Å². The summed E-state index contributed by atoms with van der Waals surface area (Å²) in [4.78, 5) is 9.60. The van der Waals surface area contributed by atoms with Gasteiger partial charge in [0.15, 0.2) is 11.5 Å². The van der Waals surface area contributed by atoms with Crippen LogP contribution < -0.4 is 15.9 Å². The summed E-state index contributed by atoms with van der Waals surface area (Å²) in [6.07, 6.45) is 4.52. The standard InChI is InChI=1S/C28H22N4P/c1-4-12-23(13-5-1)33(24-14-6-2-7-15-24,25-16-8-3-9-17-25)21-26-30-28-27-22(11-10-19-29-27)18-20-32(28)31-26/h1-20H,21H2/q+1. The minimum atomic E-state index is -2.05. The Morgan fingerprint density at radius 1 is 0.636 bits per heavy atom. The maximum Gasteiger partial charge on any atom is 0.190 e. The lowest BCUT2D eigenvalue weighted by molar-refractivity contribution is 0.925. The van der Waals surface area contributed by atoms with Crippen LogP contribution in [-0.2, 0) is 6.16 Å². The van der Waals surface area contributed by atoms with Gasteiger partial charge in [0.1, 0.15) is 34.9 Å². The van der Waals surface area contributed by atoms with Crippen molar-refractivity contribution in [3.8, 4) is 0 Å². The first-order valence-corrected chi connectivity index (χ1v) is 13.0. The molecule has 3 aromatic heterocycles. The van der Waals surface area contributed by atoms with Crippen molar-refractivity contribution < 1.29 is 0 Å². The van der Waals surface area contributed by atoms with Gasteiger partial charge < -0.3 is 0 Å². The number of fused-ring (bicyclic) bond motifs is 3. The molecule has 0 unspecified atom stereocenters. The first kappa shape index (κ1) is 19.8. The molecule has 0 aliphatic heterocycles. The van der Waals surface area contributed by atoms with E-state index in [-0.39, 0.29) is 0 Å². The largest absolute Gasteiger partial charge is 0.252 e. The van der Waals surface area contributed by atoms with E-state index in [0.717, 1.165) is 28.5 Å². The number of hydrogen-bond acceptors (Lipinski definition) is 3. The summed E-state index contributed by atoms with van der Waals surface area (Å²) in [6.45, 7) is 0. The number of aromatic nitrogens is 4. The molecule has 0 fully saturated rings. The summed E-state index contributed by atoms with van der Waals surface area (Å²) >= 11 is 0. The third kappa shape index (κ3) is 3.40. The first-order chi connectivity index (χ1) is 16.3. The molecule has 0 aliphatic carbocycles.